The molecule has 4 aromatic rings. The van der Waals surface area contributed by atoms with Crippen LogP contribution in [0.4, 0.5) is 4.39 Å². The number of hydrogen-bond donors (Lipinski definition) is 1. The number of aryl methyl sites for hydroxylation is 1. The van der Waals surface area contributed by atoms with Gasteiger partial charge in [-0.3, -0.25) is 4.79 Å². The number of nitrogens with zero attached hydrogens (tertiary/aromatic N) is 2. The number of fused-ring (bicyclic) bond motifs is 1. The summed E-state index contributed by atoms with van der Waals surface area (Å²) in [7, 11) is 3.44. The summed E-state index contributed by atoms with van der Waals surface area (Å²) in [5.41, 5.74) is 5.39. The van der Waals surface area contributed by atoms with Crippen LogP contribution in [0.5, 0.6) is 0 Å². The number of carbonyl (C=O) groups excluding carboxylic acids is 1. The van der Waals surface area contributed by atoms with E-state index in [1.54, 1.807) is 20.3 Å². The van der Waals surface area contributed by atoms with Crippen molar-refractivity contribution >= 4 is 16.8 Å². The molecule has 0 bridgehead atoms. The largest absolute Gasteiger partial charge is 0.385 e. The van der Waals surface area contributed by atoms with Crippen molar-refractivity contribution in [2.75, 3.05) is 40.5 Å². The van der Waals surface area contributed by atoms with Crippen LogP contribution in [0, 0.1) is 17.7 Å². The molecule has 2 fully saturated rings. The number of amides is 1. The maximum Gasteiger partial charge on any atom is 0.228 e. The molecule has 2 aliphatic rings. The van der Waals surface area contributed by atoms with Crippen molar-refractivity contribution < 1.29 is 18.7 Å². The minimum Gasteiger partial charge on any atom is -0.385 e. The van der Waals surface area contributed by atoms with Gasteiger partial charge in [0.1, 0.15) is 5.82 Å². The molecule has 1 aliphatic carbocycles. The fourth-order valence-corrected chi connectivity index (χ4v) is 7.09. The third-order valence-corrected chi connectivity index (χ3v) is 9.41. The molecule has 44 heavy (non-hydrogen) atoms. The molecule has 7 heteroatoms. The molecule has 1 N–H and O–H groups in total. The van der Waals surface area contributed by atoms with Gasteiger partial charge in [-0.2, -0.15) is 0 Å². The molecule has 0 radical (unpaired) electrons. The zero-order valence-electron chi connectivity index (χ0n) is 25.9. The van der Waals surface area contributed by atoms with Crippen LogP contribution >= 0.6 is 0 Å². The van der Waals surface area contributed by atoms with E-state index < -0.39 is 0 Å². The number of hydrogen-bond acceptors (Lipinski definition) is 4. The van der Waals surface area contributed by atoms with Crippen LogP contribution in [0.25, 0.3) is 22.0 Å². The maximum atomic E-state index is 14.9. The van der Waals surface area contributed by atoms with E-state index in [0.717, 1.165) is 43.4 Å². The summed E-state index contributed by atoms with van der Waals surface area (Å²) in [5.74, 6) is 0.0780. The number of carbonyl (C=O) groups is 1. The van der Waals surface area contributed by atoms with Crippen molar-refractivity contribution in [3.63, 3.8) is 0 Å². The molecule has 1 aliphatic heterocycles. The summed E-state index contributed by atoms with van der Waals surface area (Å²) in [6.45, 7) is 3.95. The topological polar surface area (TPSA) is 55.7 Å². The molecule has 0 spiro atoms. The normalized spacial score (nSPS) is 20.2. The van der Waals surface area contributed by atoms with Gasteiger partial charge in [-0.05, 0) is 73.0 Å². The van der Waals surface area contributed by atoms with E-state index in [1.807, 2.05) is 18.2 Å². The molecule has 0 unspecified atom stereocenters. The van der Waals surface area contributed by atoms with Gasteiger partial charge in [0, 0.05) is 63.6 Å². The second-order valence-electron chi connectivity index (χ2n) is 12.3. The highest BCUT2D eigenvalue weighted by molar-refractivity contribution is 5.84. The van der Waals surface area contributed by atoms with Gasteiger partial charge >= 0.3 is 0 Å². The number of nitrogens with one attached hydrogen (secondary N) is 1. The van der Waals surface area contributed by atoms with E-state index in [4.69, 9.17) is 9.47 Å². The van der Waals surface area contributed by atoms with E-state index in [1.165, 1.54) is 22.8 Å². The third-order valence-electron chi connectivity index (χ3n) is 9.41. The highest BCUT2D eigenvalue weighted by atomic mass is 19.1. The number of rotatable bonds is 13. The molecule has 1 saturated carbocycles. The Bertz CT molecular complexity index is 1550. The van der Waals surface area contributed by atoms with Gasteiger partial charge in [0.25, 0.3) is 0 Å². The highest BCUT2D eigenvalue weighted by Crippen LogP contribution is 2.41. The van der Waals surface area contributed by atoms with Gasteiger partial charge in [0.2, 0.25) is 5.91 Å². The van der Waals surface area contributed by atoms with Crippen molar-refractivity contribution in [2.45, 2.75) is 50.7 Å². The lowest BCUT2D eigenvalue weighted by Crippen LogP contribution is -2.50. The predicted octanol–water partition coefficient (Wildman–Crippen LogP) is 6.63. The number of piperidine rings is 1. The van der Waals surface area contributed by atoms with Gasteiger partial charge in [-0.15, -0.1) is 0 Å². The van der Waals surface area contributed by atoms with Crippen LogP contribution < -0.4 is 5.32 Å². The van der Waals surface area contributed by atoms with Crippen LogP contribution in [-0.2, 0) is 27.4 Å². The van der Waals surface area contributed by atoms with Gasteiger partial charge in [0.05, 0.1) is 18.0 Å². The molecule has 6 rings (SSSR count). The second-order valence-corrected chi connectivity index (χ2v) is 12.3. The smallest absolute Gasteiger partial charge is 0.228 e. The van der Waals surface area contributed by atoms with Crippen LogP contribution in [-0.4, -0.2) is 61.9 Å². The Labute approximate surface area is 260 Å². The molecule has 1 amide bonds. The Kier molecular flexibility index (Phi) is 9.75. The number of methoxy groups -OCH3 is 2. The number of halogens is 1. The van der Waals surface area contributed by atoms with Gasteiger partial charge in [0.15, 0.2) is 0 Å². The van der Waals surface area contributed by atoms with Crippen LogP contribution in [0.3, 0.4) is 0 Å². The van der Waals surface area contributed by atoms with E-state index in [-0.39, 0.29) is 35.5 Å². The Morgan fingerprint density at radius 1 is 0.932 bits per heavy atom. The summed E-state index contributed by atoms with van der Waals surface area (Å²) < 4.78 is 28.0. The molecule has 6 nitrogen and oxygen atoms in total. The SMILES string of the molecule is COCCCn1c(CN(C(=O)[C@H]2CNC[C@@H](CCOC)[C@@H]2c2cccc(-c3ccccc3)c2)C2CC2)cc2c(F)cccc21. The van der Waals surface area contributed by atoms with Crippen molar-refractivity contribution in [1.29, 1.82) is 0 Å². The molecule has 1 aromatic heterocycles. The Morgan fingerprint density at radius 2 is 1.70 bits per heavy atom. The average Bonchev–Trinajstić information content (AvgIpc) is 3.84. The Hall–Kier alpha value is -3.52. The number of benzene rings is 3. The standard InChI is InChI=1S/C37H44FN3O3/c1-43-19-8-18-40-31(22-32-34(38)13-7-14-35(32)40)25-41(30-15-16-30)37(42)33-24-39-23-29(17-20-44-2)36(33)28-12-6-11-27(21-28)26-9-4-3-5-10-26/h3-7,9-14,21-22,29-30,33,36,39H,8,15-20,23-25H2,1-2H3/t29-,33+,36+/m1/s1. The first-order valence-corrected chi connectivity index (χ1v) is 16.0. The minimum absolute atomic E-state index is 0.0637. The van der Waals surface area contributed by atoms with Gasteiger partial charge in [-0.1, -0.05) is 60.7 Å². The molecule has 3 aromatic carbocycles. The molecule has 1 saturated heterocycles. The Balaban J connectivity index is 1.34. The lowest BCUT2D eigenvalue weighted by Gasteiger charge is -2.41. The third kappa shape index (κ3) is 6.60. The molecule has 232 valence electrons. The van der Waals surface area contributed by atoms with Crippen LogP contribution in [0.1, 0.15) is 42.9 Å². The lowest BCUT2D eigenvalue weighted by atomic mass is 9.72. The lowest BCUT2D eigenvalue weighted by molar-refractivity contribution is -0.139. The van der Waals surface area contributed by atoms with E-state index >= 15 is 0 Å². The van der Waals surface area contributed by atoms with Crippen molar-refractivity contribution in [2.24, 2.45) is 11.8 Å². The highest BCUT2D eigenvalue weighted by Gasteiger charge is 2.43. The zero-order chi connectivity index (χ0) is 30.5. The number of ether oxygens (including phenoxy) is 2. The van der Waals surface area contributed by atoms with Gasteiger partial charge < -0.3 is 24.3 Å². The quantitative estimate of drug-likeness (QED) is 0.176. The van der Waals surface area contributed by atoms with Crippen molar-refractivity contribution in [3.05, 3.63) is 95.9 Å². The van der Waals surface area contributed by atoms with Crippen LogP contribution in [0.2, 0.25) is 0 Å². The van der Waals surface area contributed by atoms with E-state index in [0.29, 0.717) is 38.2 Å². The van der Waals surface area contributed by atoms with Gasteiger partial charge in [-0.25, -0.2) is 4.39 Å². The Morgan fingerprint density at radius 3 is 2.48 bits per heavy atom. The van der Waals surface area contributed by atoms with E-state index in [9.17, 15) is 9.18 Å². The fraction of sp³-hybridized carbons (Fsp3) is 0.432. The molecular formula is C37H44FN3O3. The minimum atomic E-state index is -0.227. The summed E-state index contributed by atoms with van der Waals surface area (Å²) in [6.07, 6.45) is 3.70. The summed E-state index contributed by atoms with van der Waals surface area (Å²) in [4.78, 5) is 16.8. The first-order chi connectivity index (χ1) is 21.6. The summed E-state index contributed by atoms with van der Waals surface area (Å²) in [6, 6.07) is 26.6. The van der Waals surface area contributed by atoms with E-state index in [2.05, 4.69) is 63.3 Å². The molecule has 2 heterocycles. The van der Waals surface area contributed by atoms with Crippen molar-refractivity contribution in [3.8, 4) is 11.1 Å². The average molecular weight is 598 g/mol. The van der Waals surface area contributed by atoms with Crippen LogP contribution in [0.15, 0.2) is 78.9 Å². The first kappa shape index (κ1) is 30.5. The first-order valence-electron chi connectivity index (χ1n) is 16.0. The summed E-state index contributed by atoms with van der Waals surface area (Å²) in [5, 5.41) is 4.21. The number of aromatic nitrogens is 1. The monoisotopic (exact) mass is 597 g/mol. The summed E-state index contributed by atoms with van der Waals surface area (Å²) >= 11 is 0. The maximum absolute atomic E-state index is 14.9. The molecule has 3 atom stereocenters. The zero-order valence-corrected chi connectivity index (χ0v) is 25.9. The second kappa shape index (κ2) is 14.1. The van der Waals surface area contributed by atoms with Crippen molar-refractivity contribution in [1.82, 2.24) is 14.8 Å². The fourth-order valence-electron chi connectivity index (χ4n) is 7.09. The molecular weight excluding hydrogens is 553 g/mol. The predicted molar refractivity (Wildman–Crippen MR) is 173 cm³/mol.